The molecule has 2 aromatic carbocycles. The van der Waals surface area contributed by atoms with E-state index in [4.69, 9.17) is 0 Å². The van der Waals surface area contributed by atoms with Crippen molar-refractivity contribution in [3.05, 3.63) is 56.5 Å². The quantitative estimate of drug-likeness (QED) is 0.684. The summed E-state index contributed by atoms with van der Waals surface area (Å²) < 4.78 is 0. The molecule has 3 aromatic rings. The van der Waals surface area contributed by atoms with E-state index in [-0.39, 0.29) is 10.9 Å². The van der Waals surface area contributed by atoms with Gasteiger partial charge in [0.25, 0.3) is 10.9 Å². The topological polar surface area (TPSA) is 68.4 Å². The number of aromatic nitrogens is 1. The smallest absolute Gasteiger partial charge is 0.253 e. The van der Waals surface area contributed by atoms with Crippen LogP contribution in [-0.2, 0) is 6.42 Å². The minimum atomic E-state index is -0.382. The first kappa shape index (κ1) is 15.9. The zero-order valence-corrected chi connectivity index (χ0v) is 14.3. The summed E-state index contributed by atoms with van der Waals surface area (Å²) in [5.74, 6) is 0. The second kappa shape index (κ2) is 6.37. The number of anilines is 2. The number of rotatable bonds is 5. The van der Waals surface area contributed by atoms with Gasteiger partial charge in [0.1, 0.15) is 11.4 Å². The first-order valence-corrected chi connectivity index (χ1v) is 8.71. The normalized spacial score (nSPS) is 16.0. The molecule has 0 spiro atoms. The van der Waals surface area contributed by atoms with Gasteiger partial charge in [-0.25, -0.2) is 0 Å². The van der Waals surface area contributed by atoms with Crippen molar-refractivity contribution in [1.29, 1.82) is 0 Å². The Balaban J connectivity index is 1.44. The summed E-state index contributed by atoms with van der Waals surface area (Å²) in [5, 5.41) is 4.40. The molecule has 2 heterocycles. The zero-order valence-electron chi connectivity index (χ0n) is 14.3. The van der Waals surface area contributed by atoms with Crippen LogP contribution in [0, 0.1) is 0 Å². The molecule has 4 rings (SSSR count). The van der Waals surface area contributed by atoms with Crippen molar-refractivity contribution in [2.45, 2.75) is 6.42 Å². The van der Waals surface area contributed by atoms with Gasteiger partial charge in [-0.2, -0.15) is 0 Å². The maximum absolute atomic E-state index is 12.0. The molecule has 6 heteroatoms. The van der Waals surface area contributed by atoms with Gasteiger partial charge in [0.15, 0.2) is 0 Å². The van der Waals surface area contributed by atoms with E-state index < -0.39 is 0 Å². The van der Waals surface area contributed by atoms with Crippen molar-refractivity contribution >= 4 is 22.3 Å². The number of likely N-dealkylation sites (N-methyl/N-ethyl adjacent to an activating group) is 1. The number of nitrogens with one attached hydrogen (secondary N) is 2. The van der Waals surface area contributed by atoms with Crippen LogP contribution in [0.1, 0.15) is 5.56 Å². The molecule has 0 aliphatic carbocycles. The molecule has 1 aromatic heterocycles. The molecular weight excluding hydrogens is 316 g/mol. The van der Waals surface area contributed by atoms with E-state index >= 15 is 0 Å². The molecule has 1 aliphatic heterocycles. The van der Waals surface area contributed by atoms with E-state index in [1.807, 2.05) is 29.3 Å². The third-order valence-electron chi connectivity index (χ3n) is 5.08. The van der Waals surface area contributed by atoms with Crippen LogP contribution in [0.25, 0.3) is 10.9 Å². The lowest BCUT2D eigenvalue weighted by Crippen LogP contribution is -2.50. The monoisotopic (exact) mass is 338 g/mol. The van der Waals surface area contributed by atoms with Gasteiger partial charge >= 0.3 is 0 Å². The lowest BCUT2D eigenvalue weighted by atomic mass is 10.1. The Morgan fingerprint density at radius 3 is 2.64 bits per heavy atom. The minimum Gasteiger partial charge on any atom is -0.380 e. The van der Waals surface area contributed by atoms with Crippen molar-refractivity contribution in [3.63, 3.8) is 0 Å². The fraction of sp³-hybridized carbons (Fsp3) is 0.368. The van der Waals surface area contributed by atoms with Crippen LogP contribution >= 0.6 is 0 Å². The third-order valence-corrected chi connectivity index (χ3v) is 5.08. The van der Waals surface area contributed by atoms with E-state index in [2.05, 4.69) is 28.3 Å². The highest BCUT2D eigenvalue weighted by molar-refractivity contribution is 5.83. The molecule has 25 heavy (non-hydrogen) atoms. The molecule has 1 aliphatic rings. The summed E-state index contributed by atoms with van der Waals surface area (Å²) in [6.07, 6.45) is 2.81. The maximum Gasteiger partial charge on any atom is 0.253 e. The summed E-state index contributed by atoms with van der Waals surface area (Å²) in [4.78, 5) is 31.5. The highest BCUT2D eigenvalue weighted by Gasteiger charge is 2.27. The molecule has 2 N–H and O–H groups in total. The van der Waals surface area contributed by atoms with Gasteiger partial charge in [-0.1, -0.05) is 18.2 Å². The maximum atomic E-state index is 12.0. The summed E-state index contributed by atoms with van der Waals surface area (Å²) in [6.45, 7) is 4.03. The van der Waals surface area contributed by atoms with Crippen LogP contribution in [0.3, 0.4) is 0 Å². The second-order valence-corrected chi connectivity index (χ2v) is 6.71. The highest BCUT2D eigenvalue weighted by Crippen LogP contribution is 2.22. The molecule has 0 unspecified atom stereocenters. The predicted octanol–water partition coefficient (Wildman–Crippen LogP) is 1.17. The van der Waals surface area contributed by atoms with Gasteiger partial charge in [0.2, 0.25) is 0 Å². The molecule has 0 atom stereocenters. The molecule has 0 amide bonds. The minimum absolute atomic E-state index is 0.348. The molecule has 1 fully saturated rings. The molecular formula is C19H22N4O2. The van der Waals surface area contributed by atoms with E-state index in [0.29, 0.717) is 17.9 Å². The standard InChI is InChI=1S/C19H22N4O2/c1-22-8-10-23(11-9-22)17-16(18(24)19(17)25)20-7-6-13-12-21-15-5-3-2-4-14(13)15/h2-5,12,20-21H,6-11H2,1H3. The summed E-state index contributed by atoms with van der Waals surface area (Å²) in [5.41, 5.74) is 2.67. The second-order valence-electron chi connectivity index (χ2n) is 6.71. The Morgan fingerprint density at radius 2 is 1.84 bits per heavy atom. The fourth-order valence-corrected chi connectivity index (χ4v) is 3.54. The number of H-pyrrole nitrogens is 1. The first-order chi connectivity index (χ1) is 12.1. The average Bonchev–Trinajstić information content (AvgIpc) is 3.05. The lowest BCUT2D eigenvalue weighted by Gasteiger charge is -2.35. The Bertz CT molecular complexity index is 960. The number of piperazine rings is 1. The Kier molecular flexibility index (Phi) is 4.05. The largest absolute Gasteiger partial charge is 0.380 e. The molecule has 0 saturated carbocycles. The lowest BCUT2D eigenvalue weighted by molar-refractivity contribution is 0.312. The van der Waals surface area contributed by atoms with Crippen molar-refractivity contribution < 1.29 is 0 Å². The number of hydrogen-bond donors (Lipinski definition) is 2. The highest BCUT2D eigenvalue weighted by atomic mass is 16.2. The van der Waals surface area contributed by atoms with Crippen LogP contribution in [0.4, 0.5) is 11.4 Å². The molecule has 6 nitrogen and oxygen atoms in total. The Morgan fingerprint density at radius 1 is 1.08 bits per heavy atom. The van der Waals surface area contributed by atoms with Crippen LogP contribution in [0.2, 0.25) is 0 Å². The van der Waals surface area contributed by atoms with Crippen LogP contribution < -0.4 is 21.1 Å². The number of benzene rings is 1. The Labute approximate surface area is 145 Å². The number of para-hydroxylation sites is 1. The van der Waals surface area contributed by atoms with Crippen molar-refractivity contribution in [2.24, 2.45) is 0 Å². The van der Waals surface area contributed by atoms with Crippen LogP contribution in [0.15, 0.2) is 40.1 Å². The first-order valence-electron chi connectivity index (χ1n) is 8.71. The van der Waals surface area contributed by atoms with E-state index in [1.54, 1.807) is 0 Å². The Hall–Kier alpha value is -2.60. The van der Waals surface area contributed by atoms with Crippen molar-refractivity contribution in [1.82, 2.24) is 9.88 Å². The average molecular weight is 338 g/mol. The van der Waals surface area contributed by atoms with Gasteiger partial charge in [0.05, 0.1) is 0 Å². The molecule has 130 valence electrons. The molecule has 0 radical (unpaired) electrons. The summed E-state index contributed by atoms with van der Waals surface area (Å²) in [7, 11) is 2.07. The van der Waals surface area contributed by atoms with Crippen molar-refractivity contribution in [2.75, 3.05) is 50.0 Å². The summed E-state index contributed by atoms with van der Waals surface area (Å²) >= 11 is 0. The number of fused-ring (bicyclic) bond motifs is 1. The number of nitrogens with zero attached hydrogens (tertiary/aromatic N) is 2. The third kappa shape index (κ3) is 2.82. The van der Waals surface area contributed by atoms with E-state index in [1.165, 1.54) is 10.9 Å². The molecule has 1 saturated heterocycles. The molecule has 0 bridgehead atoms. The van der Waals surface area contributed by atoms with Gasteiger partial charge in [-0.05, 0) is 25.1 Å². The number of aromatic amines is 1. The van der Waals surface area contributed by atoms with Gasteiger partial charge in [-0.15, -0.1) is 0 Å². The zero-order chi connectivity index (χ0) is 17.4. The van der Waals surface area contributed by atoms with Crippen molar-refractivity contribution in [3.8, 4) is 0 Å². The number of hydrogen-bond acceptors (Lipinski definition) is 5. The SMILES string of the molecule is CN1CCN(c2c(NCCc3c[nH]c4ccccc34)c(=O)c2=O)CC1. The predicted molar refractivity (Wildman–Crippen MR) is 102 cm³/mol. The van der Waals surface area contributed by atoms with Gasteiger partial charge < -0.3 is 20.1 Å². The van der Waals surface area contributed by atoms with Crippen LogP contribution in [0.5, 0.6) is 0 Å². The van der Waals surface area contributed by atoms with E-state index in [9.17, 15) is 9.59 Å². The van der Waals surface area contributed by atoms with E-state index in [0.717, 1.165) is 38.1 Å². The fourth-order valence-electron chi connectivity index (χ4n) is 3.54. The van der Waals surface area contributed by atoms with Gasteiger partial charge in [0, 0.05) is 49.8 Å². The van der Waals surface area contributed by atoms with Crippen LogP contribution in [-0.4, -0.2) is 49.7 Å². The van der Waals surface area contributed by atoms with Gasteiger partial charge in [-0.3, -0.25) is 9.59 Å². The summed E-state index contributed by atoms with van der Waals surface area (Å²) in [6, 6.07) is 8.17.